The highest BCUT2D eigenvalue weighted by atomic mass is 32.2. The Hall–Kier alpha value is -4.23. The Labute approximate surface area is 264 Å². The molecule has 45 heavy (non-hydrogen) atoms. The quantitative estimate of drug-likeness (QED) is 0.135. The van der Waals surface area contributed by atoms with Gasteiger partial charge in [0.1, 0.15) is 18.1 Å². The van der Waals surface area contributed by atoms with Gasteiger partial charge < -0.3 is 15.2 Å². The molecule has 2 heterocycles. The number of aryl methyl sites for hydroxylation is 2. The summed E-state index contributed by atoms with van der Waals surface area (Å²) in [6.07, 6.45) is -2.82. The van der Waals surface area contributed by atoms with Crippen molar-refractivity contribution in [1.82, 2.24) is 25.3 Å². The third-order valence-electron chi connectivity index (χ3n) is 6.62. The Kier molecular flexibility index (Phi) is 10.7. The zero-order valence-corrected chi connectivity index (χ0v) is 26.4. The zero-order valence-electron chi connectivity index (χ0n) is 25.6. The summed E-state index contributed by atoms with van der Waals surface area (Å²) in [5.74, 6) is -0.451. The molecule has 9 nitrogen and oxygen atoms in total. The third kappa shape index (κ3) is 9.88. The van der Waals surface area contributed by atoms with Crippen molar-refractivity contribution in [3.05, 3.63) is 89.0 Å². The summed E-state index contributed by atoms with van der Waals surface area (Å²) in [5.41, 5.74) is 2.63. The summed E-state index contributed by atoms with van der Waals surface area (Å²) < 4.78 is 48.8. The lowest BCUT2D eigenvalue weighted by molar-refractivity contribution is -0.141. The predicted molar refractivity (Wildman–Crippen MR) is 167 cm³/mol. The average Bonchev–Trinajstić information content (AvgIpc) is 2.96. The molecule has 2 aromatic heterocycles. The number of aromatic carboxylic acids is 1. The van der Waals surface area contributed by atoms with E-state index in [2.05, 4.69) is 45.8 Å². The molecule has 2 aromatic carbocycles. The molecule has 0 amide bonds. The molecule has 0 saturated carbocycles. The maximum Gasteiger partial charge on any atom is 0.433 e. The number of alkyl halides is 3. The largest absolute Gasteiger partial charge is 0.478 e. The van der Waals surface area contributed by atoms with Gasteiger partial charge in [-0.15, -0.1) is 0 Å². The van der Waals surface area contributed by atoms with Crippen LogP contribution in [0.25, 0.3) is 11.3 Å². The highest BCUT2D eigenvalue weighted by Gasteiger charge is 2.32. The lowest BCUT2D eigenvalue weighted by Crippen LogP contribution is -2.38. The minimum atomic E-state index is -4.56. The number of anilines is 1. The number of ether oxygens (including phenoxy) is 1. The third-order valence-corrected chi connectivity index (χ3v) is 7.39. The minimum absolute atomic E-state index is 0.0182. The second kappa shape index (κ2) is 14.2. The van der Waals surface area contributed by atoms with Crippen molar-refractivity contribution in [3.63, 3.8) is 0 Å². The Bertz CT molecular complexity index is 1630. The number of hydrogen-bond donors (Lipinski definition) is 3. The number of carbonyl (C=O) groups is 1. The van der Waals surface area contributed by atoms with Gasteiger partial charge in [0.15, 0.2) is 0 Å². The van der Waals surface area contributed by atoms with Gasteiger partial charge in [-0.3, -0.25) is 4.72 Å². The number of carboxylic acid groups (broad SMARTS) is 1. The molecule has 4 aromatic rings. The summed E-state index contributed by atoms with van der Waals surface area (Å²) in [5, 5.41) is 12.6. The van der Waals surface area contributed by atoms with E-state index < -0.39 is 17.8 Å². The molecule has 3 N–H and O–H groups in total. The van der Waals surface area contributed by atoms with Gasteiger partial charge >= 0.3 is 12.1 Å². The first-order chi connectivity index (χ1) is 21.2. The molecule has 0 aliphatic carbocycles. The van der Waals surface area contributed by atoms with Crippen LogP contribution in [0.1, 0.15) is 60.2 Å². The van der Waals surface area contributed by atoms with Gasteiger partial charge in [-0.25, -0.2) is 19.7 Å². The highest BCUT2D eigenvalue weighted by molar-refractivity contribution is 8.00. The van der Waals surface area contributed by atoms with Crippen molar-refractivity contribution in [1.29, 1.82) is 0 Å². The monoisotopic (exact) mass is 640 g/mol. The fourth-order valence-corrected chi connectivity index (χ4v) is 5.31. The SMILES string of the molecule is Cc1cccc(C)c1-c1cc(OCC(CC(C)(C)C)NCc2nccc(C(F)(F)F)n2)nc(NSc2cccc(C(=O)O)c2)n1. The second-order valence-corrected chi connectivity index (χ2v) is 12.6. The fraction of sp³-hybridized carbons (Fsp3) is 0.344. The number of halogens is 3. The van der Waals surface area contributed by atoms with Crippen molar-refractivity contribution in [2.24, 2.45) is 5.41 Å². The van der Waals surface area contributed by atoms with Crippen LogP contribution in [0.15, 0.2) is 65.7 Å². The van der Waals surface area contributed by atoms with E-state index in [9.17, 15) is 23.1 Å². The second-order valence-electron chi connectivity index (χ2n) is 11.7. The van der Waals surface area contributed by atoms with Crippen LogP contribution in [-0.2, 0) is 12.7 Å². The van der Waals surface area contributed by atoms with E-state index in [-0.39, 0.29) is 41.9 Å². The van der Waals surface area contributed by atoms with Crippen molar-refractivity contribution in [2.75, 3.05) is 11.3 Å². The van der Waals surface area contributed by atoms with Crippen LogP contribution >= 0.6 is 11.9 Å². The van der Waals surface area contributed by atoms with Crippen molar-refractivity contribution >= 4 is 23.9 Å². The summed E-state index contributed by atoms with van der Waals surface area (Å²) >= 11 is 1.17. The molecule has 0 aliphatic heterocycles. The van der Waals surface area contributed by atoms with Gasteiger partial charge in [0, 0.05) is 28.8 Å². The maximum absolute atomic E-state index is 13.2. The standard InChI is InChI=1S/C32H35F3N6O3S/c1-19-8-6-9-20(2)28(19)24-15-27(40-30(38-24)41-45-23-11-7-10-21(14-23)29(42)43)44-18-22(16-31(3,4)5)37-17-26-36-13-12-25(39-26)32(33,34)35/h6-15,22,37H,16-18H2,1-5H3,(H,42,43)(H,38,40,41). The lowest BCUT2D eigenvalue weighted by Gasteiger charge is -2.27. The fourth-order valence-electron chi connectivity index (χ4n) is 4.68. The summed E-state index contributed by atoms with van der Waals surface area (Å²) in [6.45, 7) is 10.3. The number of carboxylic acids is 1. The molecular weight excluding hydrogens is 605 g/mol. The molecule has 238 valence electrons. The Balaban J connectivity index is 1.58. The van der Waals surface area contributed by atoms with Gasteiger partial charge in [-0.1, -0.05) is 45.0 Å². The topological polar surface area (TPSA) is 122 Å². The van der Waals surface area contributed by atoms with Gasteiger partial charge in [0.2, 0.25) is 11.8 Å². The van der Waals surface area contributed by atoms with Gasteiger partial charge in [-0.2, -0.15) is 18.2 Å². The molecule has 1 atom stereocenters. The van der Waals surface area contributed by atoms with Gasteiger partial charge in [-0.05, 0) is 73.0 Å². The number of rotatable bonds is 12. The molecule has 0 aliphatic rings. The van der Waals surface area contributed by atoms with Crippen LogP contribution in [0.5, 0.6) is 5.88 Å². The van der Waals surface area contributed by atoms with E-state index in [0.29, 0.717) is 22.9 Å². The van der Waals surface area contributed by atoms with Crippen molar-refractivity contribution in [3.8, 4) is 17.1 Å². The van der Waals surface area contributed by atoms with Crippen LogP contribution in [-0.4, -0.2) is 43.7 Å². The van der Waals surface area contributed by atoms with E-state index >= 15 is 0 Å². The number of nitrogens with zero attached hydrogens (tertiary/aromatic N) is 4. The van der Waals surface area contributed by atoms with Crippen molar-refractivity contribution in [2.45, 2.75) is 64.7 Å². The lowest BCUT2D eigenvalue weighted by atomic mass is 9.88. The molecular formula is C32H35F3N6O3S. The van der Waals surface area contributed by atoms with Crippen LogP contribution in [0, 0.1) is 19.3 Å². The van der Waals surface area contributed by atoms with E-state index in [0.717, 1.165) is 29.0 Å². The first-order valence-corrected chi connectivity index (χ1v) is 15.0. The summed E-state index contributed by atoms with van der Waals surface area (Å²) in [6, 6.07) is 14.7. The van der Waals surface area contributed by atoms with Crippen LogP contribution in [0.3, 0.4) is 0 Å². The summed E-state index contributed by atoms with van der Waals surface area (Å²) in [4.78, 5) is 29.0. The number of nitrogens with one attached hydrogen (secondary N) is 2. The van der Waals surface area contributed by atoms with E-state index in [1.807, 2.05) is 32.0 Å². The summed E-state index contributed by atoms with van der Waals surface area (Å²) in [7, 11) is 0. The van der Waals surface area contributed by atoms with Gasteiger partial charge in [0.05, 0.1) is 17.8 Å². The molecule has 0 radical (unpaired) electrons. The normalized spacial score (nSPS) is 12.5. The molecule has 4 rings (SSSR count). The molecule has 0 fully saturated rings. The highest BCUT2D eigenvalue weighted by Crippen LogP contribution is 2.31. The predicted octanol–water partition coefficient (Wildman–Crippen LogP) is 7.36. The van der Waals surface area contributed by atoms with E-state index in [1.165, 1.54) is 18.0 Å². The Morgan fingerprint density at radius 2 is 1.71 bits per heavy atom. The molecule has 1 unspecified atom stereocenters. The first kappa shape index (κ1) is 33.7. The van der Waals surface area contributed by atoms with Crippen LogP contribution in [0.4, 0.5) is 19.1 Å². The minimum Gasteiger partial charge on any atom is -0.478 e. The Morgan fingerprint density at radius 1 is 1.00 bits per heavy atom. The Morgan fingerprint density at radius 3 is 2.38 bits per heavy atom. The molecule has 13 heteroatoms. The van der Waals surface area contributed by atoms with Crippen molar-refractivity contribution < 1.29 is 27.8 Å². The van der Waals surface area contributed by atoms with E-state index in [4.69, 9.17) is 9.72 Å². The molecule has 0 bridgehead atoms. The number of hydrogen-bond acceptors (Lipinski definition) is 9. The molecule has 0 spiro atoms. The zero-order chi connectivity index (χ0) is 32.8. The first-order valence-electron chi connectivity index (χ1n) is 14.1. The smallest absolute Gasteiger partial charge is 0.433 e. The van der Waals surface area contributed by atoms with E-state index in [1.54, 1.807) is 24.3 Å². The average molecular weight is 641 g/mol. The number of aromatic nitrogens is 4. The maximum atomic E-state index is 13.2. The molecule has 0 saturated heterocycles. The van der Waals surface area contributed by atoms with Gasteiger partial charge in [0.25, 0.3) is 0 Å². The van der Waals surface area contributed by atoms with Crippen LogP contribution < -0.4 is 14.8 Å². The van der Waals surface area contributed by atoms with Crippen LogP contribution in [0.2, 0.25) is 0 Å². The number of benzene rings is 2.